The summed E-state index contributed by atoms with van der Waals surface area (Å²) in [5.41, 5.74) is 4.35. The first-order valence-corrected chi connectivity index (χ1v) is 12.0. The first-order chi connectivity index (χ1) is 17.7. The fourth-order valence-corrected chi connectivity index (χ4v) is 3.92. The Morgan fingerprint density at radius 3 is 2.05 bits per heavy atom. The molecule has 3 rings (SSSR count). The van der Waals surface area contributed by atoms with Crippen molar-refractivity contribution in [2.75, 3.05) is 13.7 Å². The molecule has 1 unspecified atom stereocenters. The smallest absolute Gasteiger partial charge is 0.279 e. The summed E-state index contributed by atoms with van der Waals surface area (Å²) in [5.74, 6) is 5.61. The average molecular weight is 508 g/mol. The van der Waals surface area contributed by atoms with Crippen LogP contribution in [-0.2, 0) is 9.63 Å². The standard InChI is InChI=1S/C28H33N3O6/c1-18-7-11-21(12-8-18)28(22-13-9-19(2)10-14-22)30-27(32)6-5-15-36-26-17-24(31(33)34)23(20(3)37-29)16-25(26)35-4/h7-14,16-17,20,28H,5-6,15,29H2,1-4H3,(H,30,32). The van der Waals surface area contributed by atoms with Crippen molar-refractivity contribution in [3.63, 3.8) is 0 Å². The van der Waals surface area contributed by atoms with Crippen LogP contribution >= 0.6 is 0 Å². The number of nitrogens with two attached hydrogens (primary N) is 1. The van der Waals surface area contributed by atoms with Gasteiger partial charge in [0.25, 0.3) is 5.69 Å². The van der Waals surface area contributed by atoms with Crippen molar-refractivity contribution in [1.82, 2.24) is 5.32 Å². The number of rotatable bonds is 12. The first kappa shape index (κ1) is 27.6. The molecular formula is C28H33N3O6. The summed E-state index contributed by atoms with van der Waals surface area (Å²) < 4.78 is 11.1. The van der Waals surface area contributed by atoms with E-state index in [1.807, 2.05) is 62.4 Å². The van der Waals surface area contributed by atoms with Crippen molar-refractivity contribution >= 4 is 11.6 Å². The van der Waals surface area contributed by atoms with Crippen LogP contribution in [0.5, 0.6) is 11.5 Å². The Bertz CT molecular complexity index is 1170. The van der Waals surface area contributed by atoms with E-state index < -0.39 is 11.0 Å². The van der Waals surface area contributed by atoms with Crippen molar-refractivity contribution in [2.24, 2.45) is 5.90 Å². The highest BCUT2D eigenvalue weighted by atomic mass is 16.6. The van der Waals surface area contributed by atoms with Crippen LogP contribution in [0.3, 0.4) is 0 Å². The number of benzene rings is 3. The van der Waals surface area contributed by atoms with Crippen molar-refractivity contribution in [3.8, 4) is 11.5 Å². The molecule has 0 fully saturated rings. The number of hydrogen-bond donors (Lipinski definition) is 2. The van der Waals surface area contributed by atoms with Gasteiger partial charge in [0.05, 0.1) is 36.3 Å². The van der Waals surface area contributed by atoms with Gasteiger partial charge in [0.2, 0.25) is 5.91 Å². The number of nitro benzene ring substituents is 1. The molecule has 0 aliphatic heterocycles. The SMILES string of the molecule is COc1cc(C(C)ON)c([N+](=O)[O-])cc1OCCCC(=O)NC(c1ccc(C)cc1)c1ccc(C)cc1. The molecule has 0 heterocycles. The molecule has 0 spiro atoms. The van der Waals surface area contributed by atoms with Gasteiger partial charge in [-0.05, 0) is 44.4 Å². The highest BCUT2D eigenvalue weighted by Crippen LogP contribution is 2.38. The van der Waals surface area contributed by atoms with Crippen LogP contribution in [-0.4, -0.2) is 24.5 Å². The number of nitrogens with one attached hydrogen (secondary N) is 1. The second-order valence-corrected chi connectivity index (χ2v) is 8.87. The summed E-state index contributed by atoms with van der Waals surface area (Å²) in [6, 6.07) is 18.6. The lowest BCUT2D eigenvalue weighted by atomic mass is 9.97. The van der Waals surface area contributed by atoms with E-state index in [-0.39, 0.29) is 42.0 Å². The molecule has 0 aliphatic rings. The van der Waals surface area contributed by atoms with Crippen LogP contribution in [0.4, 0.5) is 5.69 Å². The maximum absolute atomic E-state index is 12.9. The number of amides is 1. The zero-order chi connectivity index (χ0) is 26.9. The number of ether oxygens (including phenoxy) is 2. The van der Waals surface area contributed by atoms with Crippen molar-refractivity contribution < 1.29 is 24.0 Å². The van der Waals surface area contributed by atoms with E-state index in [9.17, 15) is 14.9 Å². The van der Waals surface area contributed by atoms with E-state index in [1.54, 1.807) is 6.92 Å². The van der Waals surface area contributed by atoms with Gasteiger partial charge in [-0.3, -0.25) is 19.7 Å². The Balaban J connectivity index is 1.66. The van der Waals surface area contributed by atoms with Crippen molar-refractivity contribution in [1.29, 1.82) is 0 Å². The molecule has 0 aliphatic carbocycles. The summed E-state index contributed by atoms with van der Waals surface area (Å²) in [4.78, 5) is 28.6. The minimum Gasteiger partial charge on any atom is -0.493 e. The van der Waals surface area contributed by atoms with Crippen LogP contribution in [0.1, 0.15) is 59.7 Å². The highest BCUT2D eigenvalue weighted by molar-refractivity contribution is 5.77. The topological polar surface area (TPSA) is 126 Å². The molecule has 0 aromatic heterocycles. The number of aryl methyl sites for hydroxylation is 2. The Labute approximate surface area is 216 Å². The molecule has 196 valence electrons. The van der Waals surface area contributed by atoms with Crippen molar-refractivity contribution in [3.05, 3.63) is 98.6 Å². The fraction of sp³-hybridized carbons (Fsp3) is 0.321. The van der Waals surface area contributed by atoms with Gasteiger partial charge in [0.15, 0.2) is 11.5 Å². The quantitative estimate of drug-likeness (QED) is 0.195. The molecule has 0 bridgehead atoms. The third kappa shape index (κ3) is 7.28. The first-order valence-electron chi connectivity index (χ1n) is 12.0. The second-order valence-electron chi connectivity index (χ2n) is 8.87. The van der Waals surface area contributed by atoms with E-state index in [0.717, 1.165) is 22.3 Å². The van der Waals surface area contributed by atoms with E-state index in [1.165, 1.54) is 19.2 Å². The molecule has 3 N–H and O–H groups in total. The highest BCUT2D eigenvalue weighted by Gasteiger charge is 2.24. The van der Waals surface area contributed by atoms with Gasteiger partial charge in [-0.25, -0.2) is 5.90 Å². The number of methoxy groups -OCH3 is 1. The maximum atomic E-state index is 12.9. The molecule has 0 saturated carbocycles. The molecule has 1 atom stereocenters. The molecular weight excluding hydrogens is 474 g/mol. The molecule has 1 amide bonds. The normalized spacial score (nSPS) is 11.7. The molecule has 0 saturated heterocycles. The van der Waals surface area contributed by atoms with Crippen molar-refractivity contribution in [2.45, 2.75) is 45.8 Å². The van der Waals surface area contributed by atoms with E-state index in [4.69, 9.17) is 20.2 Å². The monoisotopic (exact) mass is 507 g/mol. The zero-order valence-corrected chi connectivity index (χ0v) is 21.5. The van der Waals surface area contributed by atoms with Crippen LogP contribution in [0.2, 0.25) is 0 Å². The molecule has 0 radical (unpaired) electrons. The van der Waals surface area contributed by atoms with Crippen LogP contribution in [0.15, 0.2) is 60.7 Å². The third-order valence-electron chi connectivity index (χ3n) is 6.08. The van der Waals surface area contributed by atoms with E-state index >= 15 is 0 Å². The Hall–Kier alpha value is -3.95. The number of nitrogens with zero attached hydrogens (tertiary/aromatic N) is 1. The lowest BCUT2D eigenvalue weighted by Gasteiger charge is -2.20. The number of carbonyl (C=O) groups is 1. The van der Waals surface area contributed by atoms with Crippen LogP contribution < -0.4 is 20.7 Å². The van der Waals surface area contributed by atoms with E-state index in [2.05, 4.69) is 5.32 Å². The fourth-order valence-electron chi connectivity index (χ4n) is 3.92. The Morgan fingerprint density at radius 1 is 1.00 bits per heavy atom. The maximum Gasteiger partial charge on any atom is 0.279 e. The predicted octanol–water partition coefficient (Wildman–Crippen LogP) is 5.24. The molecule has 9 nitrogen and oxygen atoms in total. The van der Waals surface area contributed by atoms with Gasteiger partial charge >= 0.3 is 0 Å². The van der Waals surface area contributed by atoms with E-state index in [0.29, 0.717) is 12.2 Å². The number of carbonyl (C=O) groups excluding carboxylic acids is 1. The summed E-state index contributed by atoms with van der Waals surface area (Å²) in [6.45, 7) is 5.81. The Morgan fingerprint density at radius 2 is 1.57 bits per heavy atom. The van der Waals surface area contributed by atoms with Gasteiger partial charge in [0, 0.05) is 6.42 Å². The van der Waals surface area contributed by atoms with Gasteiger partial charge in [-0.1, -0.05) is 59.7 Å². The largest absolute Gasteiger partial charge is 0.493 e. The summed E-state index contributed by atoms with van der Waals surface area (Å²) in [7, 11) is 1.44. The molecule has 9 heteroatoms. The zero-order valence-electron chi connectivity index (χ0n) is 21.5. The van der Waals surface area contributed by atoms with Gasteiger partial charge < -0.3 is 14.8 Å². The second kappa shape index (κ2) is 12.8. The van der Waals surface area contributed by atoms with Gasteiger partial charge in [0.1, 0.15) is 6.10 Å². The Kier molecular flexibility index (Phi) is 9.59. The van der Waals surface area contributed by atoms with Gasteiger partial charge in [-0.15, -0.1) is 0 Å². The minimum absolute atomic E-state index is 0.128. The van der Waals surface area contributed by atoms with Gasteiger partial charge in [-0.2, -0.15) is 0 Å². The van der Waals surface area contributed by atoms with Crippen LogP contribution in [0, 0.1) is 24.0 Å². The summed E-state index contributed by atoms with van der Waals surface area (Å²) in [5, 5.41) is 14.7. The average Bonchev–Trinajstić information content (AvgIpc) is 2.90. The molecule has 37 heavy (non-hydrogen) atoms. The minimum atomic E-state index is -0.706. The predicted molar refractivity (Wildman–Crippen MR) is 140 cm³/mol. The number of hydrogen-bond acceptors (Lipinski definition) is 7. The molecule has 3 aromatic carbocycles. The summed E-state index contributed by atoms with van der Waals surface area (Å²) >= 11 is 0. The lowest BCUT2D eigenvalue weighted by molar-refractivity contribution is -0.386. The molecule has 3 aromatic rings. The lowest BCUT2D eigenvalue weighted by Crippen LogP contribution is -2.29. The van der Waals surface area contributed by atoms with Crippen LogP contribution in [0.25, 0.3) is 0 Å². The summed E-state index contributed by atoms with van der Waals surface area (Å²) in [6.07, 6.45) is -0.0853. The number of nitro groups is 1. The third-order valence-corrected chi connectivity index (χ3v) is 6.08.